The maximum atomic E-state index is 13.4. The van der Waals surface area contributed by atoms with Crippen LogP contribution in [0.2, 0.25) is 0 Å². The van der Waals surface area contributed by atoms with Gasteiger partial charge in [0.2, 0.25) is 5.09 Å². The molecule has 2 rings (SSSR count). The molecule has 9 heteroatoms. The maximum absolute atomic E-state index is 13.4. The van der Waals surface area contributed by atoms with E-state index in [4.69, 9.17) is 10.2 Å². The molecule has 0 amide bonds. The molecule has 0 fully saturated rings. The van der Waals surface area contributed by atoms with Gasteiger partial charge in [-0.3, -0.25) is 4.72 Å². The van der Waals surface area contributed by atoms with E-state index in [-0.39, 0.29) is 12.3 Å². The second-order valence-corrected chi connectivity index (χ2v) is 5.39. The molecule has 1 heterocycles. The van der Waals surface area contributed by atoms with Crippen molar-refractivity contribution in [2.75, 3.05) is 4.72 Å². The molecule has 0 unspecified atom stereocenters. The lowest BCUT2D eigenvalue weighted by molar-refractivity contribution is 0.417. The number of nitrogens with two attached hydrogens (primary N) is 1. The largest absolute Gasteiger partial charge is 0.446 e. The Bertz CT molecular complexity index is 720. The minimum atomic E-state index is -4.34. The highest BCUT2D eigenvalue weighted by atomic mass is 32.2. The Kier molecular flexibility index (Phi) is 3.73. The molecule has 1 aromatic heterocycles. The molecule has 2 aromatic rings. The Morgan fingerprint density at radius 3 is 2.25 bits per heavy atom. The number of rotatable bonds is 4. The summed E-state index contributed by atoms with van der Waals surface area (Å²) in [6.45, 7) is -0.0329. The van der Waals surface area contributed by atoms with E-state index in [1.54, 1.807) is 4.72 Å². The van der Waals surface area contributed by atoms with Gasteiger partial charge in [-0.1, -0.05) is 0 Å². The van der Waals surface area contributed by atoms with Crippen molar-refractivity contribution in [2.24, 2.45) is 5.73 Å². The lowest BCUT2D eigenvalue weighted by Gasteiger charge is -2.08. The van der Waals surface area contributed by atoms with Gasteiger partial charge in [-0.15, -0.1) is 0 Å². The van der Waals surface area contributed by atoms with E-state index in [0.29, 0.717) is 12.1 Å². The van der Waals surface area contributed by atoms with Crippen molar-refractivity contribution in [2.45, 2.75) is 11.6 Å². The second kappa shape index (κ2) is 5.17. The van der Waals surface area contributed by atoms with Gasteiger partial charge in [0.25, 0.3) is 10.0 Å². The Hall–Kier alpha value is -2.00. The zero-order valence-electron chi connectivity index (χ0n) is 9.86. The summed E-state index contributed by atoms with van der Waals surface area (Å²) < 4.78 is 69.7. The molecule has 20 heavy (non-hydrogen) atoms. The first kappa shape index (κ1) is 14.4. The van der Waals surface area contributed by atoms with Gasteiger partial charge in [-0.25, -0.2) is 13.2 Å². The van der Waals surface area contributed by atoms with Crippen LogP contribution in [0.3, 0.4) is 0 Å². The topological polar surface area (TPSA) is 85.3 Å². The van der Waals surface area contributed by atoms with Crippen LogP contribution in [-0.4, -0.2) is 8.42 Å². The van der Waals surface area contributed by atoms with Crippen molar-refractivity contribution >= 4 is 15.7 Å². The number of benzene rings is 1. The summed E-state index contributed by atoms with van der Waals surface area (Å²) in [6.07, 6.45) is 0. The molecule has 1 aromatic carbocycles. The predicted octanol–water partition coefficient (Wildman–Crippen LogP) is 1.96. The third-order valence-corrected chi connectivity index (χ3v) is 3.57. The van der Waals surface area contributed by atoms with E-state index in [0.717, 1.165) is 6.07 Å². The highest BCUT2D eigenvalue weighted by molar-refractivity contribution is 7.92. The molecular formula is C11H9F3N2O3S. The molecule has 5 nitrogen and oxygen atoms in total. The SMILES string of the molecule is NCc1ccc(S(=O)(=O)Nc2c(F)cc(F)cc2F)o1. The molecule has 0 aliphatic rings. The molecule has 108 valence electrons. The van der Waals surface area contributed by atoms with Gasteiger partial charge in [0.15, 0.2) is 11.6 Å². The second-order valence-electron chi connectivity index (χ2n) is 3.77. The highest BCUT2D eigenvalue weighted by Crippen LogP contribution is 2.24. The molecule has 3 N–H and O–H groups in total. The quantitative estimate of drug-likeness (QED) is 0.904. The fourth-order valence-corrected chi connectivity index (χ4v) is 2.47. The van der Waals surface area contributed by atoms with Gasteiger partial charge in [0, 0.05) is 12.1 Å². The average molecular weight is 306 g/mol. The first-order valence-electron chi connectivity index (χ1n) is 5.29. The summed E-state index contributed by atoms with van der Waals surface area (Å²) in [5.41, 5.74) is 4.26. The van der Waals surface area contributed by atoms with E-state index >= 15 is 0 Å². The molecular weight excluding hydrogens is 297 g/mol. The number of hydrogen-bond acceptors (Lipinski definition) is 4. The first-order valence-corrected chi connectivity index (χ1v) is 6.78. The molecule has 0 atom stereocenters. The van der Waals surface area contributed by atoms with Crippen LogP contribution in [0, 0.1) is 17.5 Å². The lowest BCUT2D eigenvalue weighted by Crippen LogP contribution is -2.14. The average Bonchev–Trinajstić information content (AvgIpc) is 2.83. The molecule has 0 spiro atoms. The number of anilines is 1. The van der Waals surface area contributed by atoms with Crippen molar-refractivity contribution in [3.63, 3.8) is 0 Å². The van der Waals surface area contributed by atoms with Gasteiger partial charge >= 0.3 is 0 Å². The zero-order chi connectivity index (χ0) is 14.9. The minimum absolute atomic E-state index is 0.0329. The van der Waals surface area contributed by atoms with Crippen molar-refractivity contribution in [3.8, 4) is 0 Å². The molecule has 0 aliphatic carbocycles. The summed E-state index contributed by atoms with van der Waals surface area (Å²) in [5, 5.41) is -0.555. The molecule has 0 radical (unpaired) electrons. The van der Waals surface area contributed by atoms with Crippen LogP contribution >= 0.6 is 0 Å². The zero-order valence-corrected chi connectivity index (χ0v) is 10.7. The van der Waals surface area contributed by atoms with Crippen molar-refractivity contribution in [1.29, 1.82) is 0 Å². The minimum Gasteiger partial charge on any atom is -0.446 e. The van der Waals surface area contributed by atoms with Crippen LogP contribution in [0.1, 0.15) is 5.76 Å². The van der Waals surface area contributed by atoms with Crippen LogP contribution in [0.4, 0.5) is 18.9 Å². The van der Waals surface area contributed by atoms with Crippen LogP contribution in [0.5, 0.6) is 0 Å². The maximum Gasteiger partial charge on any atom is 0.295 e. The fourth-order valence-electron chi connectivity index (χ4n) is 1.44. The first-order chi connectivity index (χ1) is 9.33. The number of nitrogens with one attached hydrogen (secondary N) is 1. The van der Waals surface area contributed by atoms with E-state index in [2.05, 4.69) is 0 Å². The van der Waals surface area contributed by atoms with Crippen LogP contribution in [-0.2, 0) is 16.6 Å². The van der Waals surface area contributed by atoms with Crippen molar-refractivity contribution < 1.29 is 26.0 Å². The van der Waals surface area contributed by atoms with Gasteiger partial charge < -0.3 is 10.2 Å². The lowest BCUT2D eigenvalue weighted by atomic mass is 10.3. The van der Waals surface area contributed by atoms with Crippen molar-refractivity contribution in [3.05, 3.63) is 47.5 Å². The number of sulfonamides is 1. The van der Waals surface area contributed by atoms with E-state index < -0.39 is 38.3 Å². The monoisotopic (exact) mass is 306 g/mol. The van der Waals surface area contributed by atoms with Crippen LogP contribution in [0.15, 0.2) is 33.8 Å². The summed E-state index contributed by atoms with van der Waals surface area (Å²) in [4.78, 5) is 0. The Balaban J connectivity index is 2.38. The number of hydrogen-bond donors (Lipinski definition) is 2. The van der Waals surface area contributed by atoms with E-state index in [1.165, 1.54) is 6.07 Å². The third-order valence-electron chi connectivity index (χ3n) is 2.35. The van der Waals surface area contributed by atoms with E-state index in [9.17, 15) is 21.6 Å². The number of furan rings is 1. The van der Waals surface area contributed by atoms with Gasteiger partial charge in [0.1, 0.15) is 17.3 Å². The number of halogens is 3. The third kappa shape index (κ3) is 2.78. The van der Waals surface area contributed by atoms with Gasteiger partial charge in [-0.2, -0.15) is 8.42 Å². The summed E-state index contributed by atoms with van der Waals surface area (Å²) in [5.74, 6) is -3.73. The van der Waals surface area contributed by atoms with Crippen molar-refractivity contribution in [1.82, 2.24) is 0 Å². The molecule has 0 bridgehead atoms. The standard InChI is InChI=1S/C11H9F3N2O3S/c12-6-3-8(13)11(9(14)4-6)16-20(17,18)10-2-1-7(5-15)19-10/h1-4,16H,5,15H2. The van der Waals surface area contributed by atoms with E-state index in [1.807, 2.05) is 0 Å². The highest BCUT2D eigenvalue weighted by Gasteiger charge is 2.23. The summed E-state index contributed by atoms with van der Waals surface area (Å²) in [6, 6.07) is 3.11. The summed E-state index contributed by atoms with van der Waals surface area (Å²) >= 11 is 0. The Labute approximate surface area is 112 Å². The normalized spacial score (nSPS) is 11.6. The fraction of sp³-hybridized carbons (Fsp3) is 0.0909. The van der Waals surface area contributed by atoms with Gasteiger partial charge in [-0.05, 0) is 12.1 Å². The van der Waals surface area contributed by atoms with Gasteiger partial charge in [0.05, 0.1) is 6.54 Å². The predicted molar refractivity (Wildman–Crippen MR) is 63.7 cm³/mol. The summed E-state index contributed by atoms with van der Waals surface area (Å²) in [7, 11) is -4.34. The Morgan fingerprint density at radius 2 is 1.75 bits per heavy atom. The van der Waals surface area contributed by atoms with Crippen LogP contribution in [0.25, 0.3) is 0 Å². The molecule has 0 saturated heterocycles. The smallest absolute Gasteiger partial charge is 0.295 e. The Morgan fingerprint density at radius 1 is 1.15 bits per heavy atom. The van der Waals surface area contributed by atoms with Crippen LogP contribution < -0.4 is 10.5 Å². The molecule has 0 aliphatic heterocycles. The molecule has 0 saturated carbocycles.